The Morgan fingerprint density at radius 2 is 1.73 bits per heavy atom. The van der Waals surface area contributed by atoms with E-state index in [1.54, 1.807) is 36.9 Å². The van der Waals surface area contributed by atoms with Crippen molar-refractivity contribution >= 4 is 34.2 Å². The van der Waals surface area contributed by atoms with Gasteiger partial charge < -0.3 is 10.2 Å². The van der Waals surface area contributed by atoms with Gasteiger partial charge in [0.15, 0.2) is 5.65 Å². The van der Waals surface area contributed by atoms with E-state index in [4.69, 9.17) is 0 Å². The Morgan fingerprint density at radius 3 is 2.50 bits per heavy atom. The number of carbonyl (C=O) groups is 2. The minimum absolute atomic E-state index is 0.123. The Kier molecular flexibility index (Phi) is 5.49. The average molecular weight is 417 g/mol. The lowest BCUT2D eigenvalue weighted by atomic mass is 10.1. The maximum atomic E-state index is 13.0. The Bertz CT molecular complexity index is 1220. The summed E-state index contributed by atoms with van der Waals surface area (Å²) >= 11 is 1.06. The first kappa shape index (κ1) is 19.7. The van der Waals surface area contributed by atoms with Gasteiger partial charge >= 0.3 is 0 Å². The highest BCUT2D eigenvalue weighted by Crippen LogP contribution is 2.29. The maximum absolute atomic E-state index is 13.0. The second kappa shape index (κ2) is 8.38. The summed E-state index contributed by atoms with van der Waals surface area (Å²) in [5.74, 6) is -0.340. The van der Waals surface area contributed by atoms with E-state index < -0.39 is 0 Å². The first-order valence-electron chi connectivity index (χ1n) is 9.22. The molecule has 7 nitrogen and oxygen atoms in total. The highest BCUT2D eigenvalue weighted by atomic mass is 32.2. The van der Waals surface area contributed by atoms with Crippen LogP contribution in [0.5, 0.6) is 0 Å². The zero-order valence-electron chi connectivity index (χ0n) is 16.4. The van der Waals surface area contributed by atoms with Crippen molar-refractivity contribution in [3.8, 4) is 11.3 Å². The summed E-state index contributed by atoms with van der Waals surface area (Å²) in [6.45, 7) is 0. The predicted octanol–water partition coefficient (Wildman–Crippen LogP) is 4.42. The van der Waals surface area contributed by atoms with E-state index in [9.17, 15) is 9.59 Å². The number of hydrogen-bond donors (Lipinski definition) is 1. The Labute approximate surface area is 177 Å². The smallest absolute Gasteiger partial charge is 0.286 e. The van der Waals surface area contributed by atoms with Crippen LogP contribution in [-0.2, 0) is 0 Å². The van der Waals surface area contributed by atoms with E-state index in [2.05, 4.69) is 15.4 Å². The molecular weight excluding hydrogens is 398 g/mol. The summed E-state index contributed by atoms with van der Waals surface area (Å²) in [6, 6.07) is 18.8. The lowest BCUT2D eigenvalue weighted by Crippen LogP contribution is -2.17. The minimum atomic E-state index is -0.340. The van der Waals surface area contributed by atoms with Gasteiger partial charge in [0.1, 0.15) is 5.56 Å². The number of aromatic nitrogens is 3. The molecule has 8 heteroatoms. The summed E-state index contributed by atoms with van der Waals surface area (Å²) in [7, 11) is 3.37. The van der Waals surface area contributed by atoms with Gasteiger partial charge in [-0.3, -0.25) is 9.59 Å². The third-order valence-electron chi connectivity index (χ3n) is 4.41. The Hall–Kier alpha value is -3.65. The van der Waals surface area contributed by atoms with Gasteiger partial charge in [-0.1, -0.05) is 42.5 Å². The van der Waals surface area contributed by atoms with Crippen LogP contribution in [0.15, 0.2) is 78.0 Å². The fourth-order valence-electron chi connectivity index (χ4n) is 2.91. The van der Waals surface area contributed by atoms with Crippen LogP contribution in [0, 0.1) is 0 Å². The fraction of sp³-hybridized carbons (Fsp3) is 0.0909. The molecule has 0 bridgehead atoms. The number of thioether (sulfide) groups is 1. The van der Waals surface area contributed by atoms with Crippen molar-refractivity contribution in [2.45, 2.75) is 4.90 Å². The van der Waals surface area contributed by atoms with Gasteiger partial charge in [-0.25, -0.2) is 9.50 Å². The first-order valence-corrected chi connectivity index (χ1v) is 10.0. The minimum Gasteiger partial charge on any atom is -0.339 e. The molecule has 0 fully saturated rings. The van der Waals surface area contributed by atoms with Gasteiger partial charge in [0.2, 0.25) is 0 Å². The molecule has 0 aliphatic heterocycles. The first-order chi connectivity index (χ1) is 14.5. The van der Waals surface area contributed by atoms with E-state index in [0.29, 0.717) is 21.8 Å². The van der Waals surface area contributed by atoms with Crippen molar-refractivity contribution in [2.75, 3.05) is 19.4 Å². The second-order valence-electron chi connectivity index (χ2n) is 6.70. The number of amides is 2. The largest absolute Gasteiger partial charge is 0.339 e. The molecule has 4 aromatic rings. The third-order valence-corrected chi connectivity index (χ3v) is 5.53. The molecule has 0 unspecified atom stereocenters. The summed E-state index contributed by atoms with van der Waals surface area (Å²) in [4.78, 5) is 31.6. The van der Waals surface area contributed by atoms with Crippen LogP contribution in [0.25, 0.3) is 16.9 Å². The van der Waals surface area contributed by atoms with Gasteiger partial charge in [0, 0.05) is 30.8 Å². The summed E-state index contributed by atoms with van der Waals surface area (Å²) in [5, 5.41) is 7.14. The van der Waals surface area contributed by atoms with E-state index in [-0.39, 0.29) is 11.1 Å². The van der Waals surface area contributed by atoms with Crippen LogP contribution >= 0.6 is 11.8 Å². The van der Waals surface area contributed by atoms with Crippen molar-refractivity contribution in [3.05, 3.63) is 78.6 Å². The van der Waals surface area contributed by atoms with Gasteiger partial charge in [0.05, 0.1) is 17.6 Å². The molecule has 0 aliphatic carbocycles. The molecule has 2 aromatic heterocycles. The quantitative estimate of drug-likeness (QED) is 0.497. The van der Waals surface area contributed by atoms with Crippen LogP contribution in [0.2, 0.25) is 0 Å². The number of hydrogen-bond acceptors (Lipinski definition) is 5. The number of benzene rings is 2. The molecule has 4 rings (SSSR count). The summed E-state index contributed by atoms with van der Waals surface area (Å²) in [5.41, 5.74) is 3.19. The van der Waals surface area contributed by atoms with Gasteiger partial charge in [-0.15, -0.1) is 0 Å². The van der Waals surface area contributed by atoms with Gasteiger partial charge in [-0.05, 0) is 30.0 Å². The topological polar surface area (TPSA) is 79.6 Å². The molecule has 30 heavy (non-hydrogen) atoms. The molecule has 0 spiro atoms. The zero-order valence-corrected chi connectivity index (χ0v) is 17.3. The number of nitrogens with one attached hydrogen (secondary N) is 1. The number of anilines is 1. The molecule has 0 saturated carbocycles. The molecule has 0 saturated heterocycles. The van der Waals surface area contributed by atoms with Crippen molar-refractivity contribution in [1.82, 2.24) is 19.5 Å². The normalized spacial score (nSPS) is 10.7. The van der Waals surface area contributed by atoms with Crippen LogP contribution in [-0.4, -0.2) is 44.7 Å². The van der Waals surface area contributed by atoms with Crippen molar-refractivity contribution in [2.24, 2.45) is 0 Å². The van der Waals surface area contributed by atoms with Crippen LogP contribution in [0.1, 0.15) is 10.4 Å². The summed E-state index contributed by atoms with van der Waals surface area (Å²) in [6.07, 6.45) is 3.17. The van der Waals surface area contributed by atoms with E-state index in [1.807, 2.05) is 48.5 Å². The molecule has 0 radical (unpaired) electrons. The van der Waals surface area contributed by atoms with Gasteiger partial charge in [0.25, 0.3) is 11.1 Å². The SMILES string of the molecule is CN(C)C(=O)Sc1ccccc1NC(=O)c1cnn2c(-c3ccccc3)ccnc12. The monoisotopic (exact) mass is 417 g/mol. The lowest BCUT2D eigenvalue weighted by molar-refractivity contribution is 0.102. The molecule has 0 atom stereocenters. The summed E-state index contributed by atoms with van der Waals surface area (Å²) < 4.78 is 1.65. The highest BCUT2D eigenvalue weighted by molar-refractivity contribution is 8.13. The van der Waals surface area contributed by atoms with Crippen molar-refractivity contribution < 1.29 is 9.59 Å². The van der Waals surface area contributed by atoms with E-state index in [0.717, 1.165) is 23.0 Å². The zero-order chi connectivity index (χ0) is 21.1. The van der Waals surface area contributed by atoms with Crippen molar-refractivity contribution in [3.63, 3.8) is 0 Å². The second-order valence-corrected chi connectivity index (χ2v) is 7.70. The molecule has 150 valence electrons. The lowest BCUT2D eigenvalue weighted by Gasteiger charge is -2.12. The number of nitrogens with zero attached hydrogens (tertiary/aromatic N) is 4. The highest BCUT2D eigenvalue weighted by Gasteiger charge is 2.18. The standard InChI is InChI=1S/C22H19N5O2S/c1-26(2)22(29)30-19-11-7-6-10-17(19)25-21(28)16-14-24-27-18(12-13-23-20(16)27)15-8-4-3-5-9-15/h3-14H,1-2H3,(H,25,28). The molecular formula is C22H19N5O2S. The van der Waals surface area contributed by atoms with E-state index in [1.165, 1.54) is 11.1 Å². The third kappa shape index (κ3) is 3.90. The van der Waals surface area contributed by atoms with Crippen LogP contribution < -0.4 is 5.32 Å². The number of fused-ring (bicyclic) bond motifs is 1. The predicted molar refractivity (Wildman–Crippen MR) is 118 cm³/mol. The Balaban J connectivity index is 1.65. The Morgan fingerprint density at radius 1 is 1.00 bits per heavy atom. The van der Waals surface area contributed by atoms with Crippen LogP contribution in [0.3, 0.4) is 0 Å². The molecule has 2 aromatic carbocycles. The van der Waals surface area contributed by atoms with Gasteiger partial charge in [-0.2, -0.15) is 5.10 Å². The van der Waals surface area contributed by atoms with Crippen molar-refractivity contribution in [1.29, 1.82) is 0 Å². The number of para-hydroxylation sites is 1. The fourth-order valence-corrected chi connectivity index (χ4v) is 3.66. The molecule has 2 heterocycles. The number of carbonyl (C=O) groups excluding carboxylic acids is 2. The average Bonchev–Trinajstić information content (AvgIpc) is 3.20. The molecule has 1 N–H and O–H groups in total. The molecule has 0 aliphatic rings. The number of rotatable bonds is 4. The maximum Gasteiger partial charge on any atom is 0.286 e. The van der Waals surface area contributed by atoms with E-state index >= 15 is 0 Å². The molecule has 2 amide bonds. The van der Waals surface area contributed by atoms with Crippen LogP contribution in [0.4, 0.5) is 10.5 Å².